The predicted molar refractivity (Wildman–Crippen MR) is 127 cm³/mol. The molecule has 2 N–H and O–H groups in total. The van der Waals surface area contributed by atoms with Crippen LogP contribution in [0.25, 0.3) is 0 Å². The first kappa shape index (κ1) is 25.4. The van der Waals surface area contributed by atoms with Crippen molar-refractivity contribution in [1.82, 2.24) is 15.5 Å². The van der Waals surface area contributed by atoms with Gasteiger partial charge in [-0.2, -0.15) is 0 Å². The minimum atomic E-state index is 0.297. The Balaban J connectivity index is 1.65. The van der Waals surface area contributed by atoms with E-state index >= 15 is 0 Å². The molecule has 0 amide bonds. The molecule has 31 heavy (non-hydrogen) atoms. The Labute approximate surface area is 188 Å². The molecule has 0 saturated carbocycles. The standard InChI is InChI=1S/C24H42N4O3/c1-4-25-24(26-14-8-16-29-20-23-9-7-17-30-23)27-19-21-10-12-22(13-11-21)31-18-15-28(5-2)6-3/h10-13,23H,4-9,14-20H2,1-3H3,(H2,25,26,27). The second-order valence-electron chi connectivity index (χ2n) is 7.70. The van der Waals surface area contributed by atoms with Crippen LogP contribution < -0.4 is 15.4 Å². The molecule has 7 heteroatoms. The lowest BCUT2D eigenvalue weighted by Crippen LogP contribution is -2.38. The summed E-state index contributed by atoms with van der Waals surface area (Å²) in [5.74, 6) is 1.74. The van der Waals surface area contributed by atoms with Crippen LogP contribution in [0.3, 0.4) is 0 Å². The van der Waals surface area contributed by atoms with E-state index < -0.39 is 0 Å². The maximum absolute atomic E-state index is 5.86. The van der Waals surface area contributed by atoms with Crippen molar-refractivity contribution < 1.29 is 14.2 Å². The summed E-state index contributed by atoms with van der Waals surface area (Å²) in [6, 6.07) is 8.22. The number of likely N-dealkylation sites (N-methyl/N-ethyl adjacent to an activating group) is 1. The summed E-state index contributed by atoms with van der Waals surface area (Å²) in [6.45, 7) is 14.8. The van der Waals surface area contributed by atoms with Crippen LogP contribution >= 0.6 is 0 Å². The molecular weight excluding hydrogens is 392 g/mol. The van der Waals surface area contributed by atoms with Crippen molar-refractivity contribution in [2.45, 2.75) is 52.7 Å². The number of aliphatic imine (C=N–C) groups is 1. The summed E-state index contributed by atoms with van der Waals surface area (Å²) in [4.78, 5) is 7.04. The monoisotopic (exact) mass is 434 g/mol. The van der Waals surface area contributed by atoms with Gasteiger partial charge in [0.05, 0.1) is 19.3 Å². The molecule has 1 saturated heterocycles. The van der Waals surface area contributed by atoms with Gasteiger partial charge < -0.3 is 29.7 Å². The van der Waals surface area contributed by atoms with Crippen molar-refractivity contribution in [3.05, 3.63) is 29.8 Å². The fraction of sp³-hybridized carbons (Fsp3) is 0.708. The van der Waals surface area contributed by atoms with Crippen LogP contribution in [0, 0.1) is 0 Å². The third-order valence-electron chi connectivity index (χ3n) is 5.34. The molecule has 0 bridgehead atoms. The zero-order valence-electron chi connectivity index (χ0n) is 19.7. The average Bonchev–Trinajstić information content (AvgIpc) is 3.31. The van der Waals surface area contributed by atoms with Crippen LogP contribution in [0.4, 0.5) is 0 Å². The van der Waals surface area contributed by atoms with E-state index in [0.717, 1.165) is 82.5 Å². The van der Waals surface area contributed by atoms with Crippen molar-refractivity contribution in [2.24, 2.45) is 4.99 Å². The predicted octanol–water partition coefficient (Wildman–Crippen LogP) is 3.05. The highest BCUT2D eigenvalue weighted by Crippen LogP contribution is 2.13. The molecule has 1 aliphatic heterocycles. The first-order chi connectivity index (χ1) is 15.2. The van der Waals surface area contributed by atoms with E-state index in [1.165, 1.54) is 0 Å². The third kappa shape index (κ3) is 10.8. The Morgan fingerprint density at radius 1 is 1.13 bits per heavy atom. The molecule has 0 aromatic heterocycles. The molecule has 1 fully saturated rings. The van der Waals surface area contributed by atoms with E-state index in [0.29, 0.717) is 25.9 Å². The molecule has 1 aromatic carbocycles. The molecule has 0 radical (unpaired) electrons. The normalized spacial score (nSPS) is 16.6. The third-order valence-corrected chi connectivity index (χ3v) is 5.34. The molecule has 0 aliphatic carbocycles. The first-order valence-electron chi connectivity index (χ1n) is 11.9. The summed E-state index contributed by atoms with van der Waals surface area (Å²) >= 11 is 0. The summed E-state index contributed by atoms with van der Waals surface area (Å²) in [5, 5.41) is 6.68. The van der Waals surface area contributed by atoms with Gasteiger partial charge in [-0.3, -0.25) is 0 Å². The van der Waals surface area contributed by atoms with Crippen molar-refractivity contribution in [1.29, 1.82) is 0 Å². The Hall–Kier alpha value is -1.83. The van der Waals surface area contributed by atoms with Crippen LogP contribution in [0.2, 0.25) is 0 Å². The van der Waals surface area contributed by atoms with Gasteiger partial charge in [-0.05, 0) is 57.0 Å². The van der Waals surface area contributed by atoms with E-state index in [9.17, 15) is 0 Å². The van der Waals surface area contributed by atoms with Crippen LogP contribution in [0.1, 0.15) is 45.6 Å². The molecule has 1 heterocycles. The first-order valence-corrected chi connectivity index (χ1v) is 11.9. The highest BCUT2D eigenvalue weighted by Gasteiger charge is 2.14. The number of hydrogen-bond acceptors (Lipinski definition) is 5. The lowest BCUT2D eigenvalue weighted by Gasteiger charge is -2.18. The topological polar surface area (TPSA) is 67.4 Å². The van der Waals surface area contributed by atoms with E-state index in [1.807, 2.05) is 12.1 Å². The van der Waals surface area contributed by atoms with Gasteiger partial charge in [0.15, 0.2) is 5.96 Å². The van der Waals surface area contributed by atoms with Gasteiger partial charge in [-0.1, -0.05) is 26.0 Å². The Morgan fingerprint density at radius 2 is 1.94 bits per heavy atom. The molecule has 2 rings (SSSR count). The summed E-state index contributed by atoms with van der Waals surface area (Å²) < 4.78 is 17.1. The highest BCUT2D eigenvalue weighted by molar-refractivity contribution is 5.79. The van der Waals surface area contributed by atoms with Crippen molar-refractivity contribution in [2.75, 3.05) is 59.2 Å². The van der Waals surface area contributed by atoms with Crippen molar-refractivity contribution in [3.8, 4) is 5.75 Å². The number of nitrogens with one attached hydrogen (secondary N) is 2. The number of guanidine groups is 1. The SMILES string of the molecule is CCNC(=NCc1ccc(OCCN(CC)CC)cc1)NCCCOCC1CCCO1. The Kier molecular flexibility index (Phi) is 13.0. The lowest BCUT2D eigenvalue weighted by molar-refractivity contribution is 0.0168. The van der Waals surface area contributed by atoms with Gasteiger partial charge in [-0.25, -0.2) is 4.99 Å². The minimum absolute atomic E-state index is 0.297. The van der Waals surface area contributed by atoms with Gasteiger partial charge in [0.1, 0.15) is 12.4 Å². The quantitative estimate of drug-likeness (QED) is 0.251. The Morgan fingerprint density at radius 3 is 2.61 bits per heavy atom. The molecule has 7 nitrogen and oxygen atoms in total. The van der Waals surface area contributed by atoms with Gasteiger partial charge in [0.2, 0.25) is 0 Å². The zero-order chi connectivity index (χ0) is 22.2. The summed E-state index contributed by atoms with van der Waals surface area (Å²) in [5.41, 5.74) is 1.16. The number of nitrogens with zero attached hydrogens (tertiary/aromatic N) is 2. The molecule has 1 atom stereocenters. The van der Waals surface area contributed by atoms with Crippen molar-refractivity contribution in [3.63, 3.8) is 0 Å². The summed E-state index contributed by atoms with van der Waals surface area (Å²) in [6.07, 6.45) is 3.52. The maximum atomic E-state index is 5.86. The second kappa shape index (κ2) is 15.9. The van der Waals surface area contributed by atoms with Gasteiger partial charge in [0.25, 0.3) is 0 Å². The average molecular weight is 435 g/mol. The summed E-state index contributed by atoms with van der Waals surface area (Å²) in [7, 11) is 0. The van der Waals surface area contributed by atoms with Crippen LogP contribution in [-0.4, -0.2) is 76.1 Å². The maximum Gasteiger partial charge on any atom is 0.191 e. The number of benzene rings is 1. The van der Waals surface area contributed by atoms with Gasteiger partial charge in [-0.15, -0.1) is 0 Å². The molecule has 1 aromatic rings. The molecular formula is C24H42N4O3. The van der Waals surface area contributed by atoms with Crippen LogP contribution in [-0.2, 0) is 16.0 Å². The molecule has 1 aliphatic rings. The fourth-order valence-electron chi connectivity index (χ4n) is 3.41. The van der Waals surface area contributed by atoms with Crippen molar-refractivity contribution >= 4 is 5.96 Å². The fourth-order valence-corrected chi connectivity index (χ4v) is 3.41. The number of rotatable bonds is 15. The van der Waals surface area contributed by atoms with E-state index in [1.54, 1.807) is 0 Å². The molecule has 0 spiro atoms. The second-order valence-corrected chi connectivity index (χ2v) is 7.70. The van der Waals surface area contributed by atoms with E-state index in [4.69, 9.17) is 14.2 Å². The van der Waals surface area contributed by atoms with E-state index in [-0.39, 0.29) is 0 Å². The van der Waals surface area contributed by atoms with E-state index in [2.05, 4.69) is 53.4 Å². The smallest absolute Gasteiger partial charge is 0.191 e. The van der Waals surface area contributed by atoms with Crippen LogP contribution in [0.5, 0.6) is 5.75 Å². The highest BCUT2D eigenvalue weighted by atomic mass is 16.5. The molecule has 176 valence electrons. The van der Waals surface area contributed by atoms with Crippen LogP contribution in [0.15, 0.2) is 29.3 Å². The number of hydrogen-bond donors (Lipinski definition) is 2. The largest absolute Gasteiger partial charge is 0.492 e. The van der Waals surface area contributed by atoms with Gasteiger partial charge in [0, 0.05) is 32.8 Å². The molecule has 1 unspecified atom stereocenters. The zero-order valence-corrected chi connectivity index (χ0v) is 19.7. The van der Waals surface area contributed by atoms with Gasteiger partial charge >= 0.3 is 0 Å². The lowest BCUT2D eigenvalue weighted by atomic mass is 10.2. The Bertz CT molecular complexity index is 599. The number of ether oxygens (including phenoxy) is 3. The minimum Gasteiger partial charge on any atom is -0.492 e.